The highest BCUT2D eigenvalue weighted by Crippen LogP contribution is 2.16. The van der Waals surface area contributed by atoms with Crippen LogP contribution in [0.15, 0.2) is 34.3 Å². The fourth-order valence-electron chi connectivity index (χ4n) is 2.75. The van der Waals surface area contributed by atoms with Gasteiger partial charge in [0.1, 0.15) is 4.90 Å². The first-order chi connectivity index (χ1) is 11.6. The molecule has 1 aromatic rings. The van der Waals surface area contributed by atoms with Gasteiger partial charge >= 0.3 is 10.1 Å². The molecule has 0 aliphatic carbocycles. The Bertz CT molecular complexity index is 552. The summed E-state index contributed by atoms with van der Waals surface area (Å²) in [6.45, 7) is 5.28. The average Bonchev–Trinajstić information content (AvgIpc) is 2.57. The zero-order chi connectivity index (χ0) is 17.7. The first kappa shape index (κ1) is 20.7. The maximum Gasteiger partial charge on any atom is 0.358 e. The summed E-state index contributed by atoms with van der Waals surface area (Å²) >= 11 is 0. The Hall–Kier alpha value is -1.36. The summed E-state index contributed by atoms with van der Waals surface area (Å²) in [7, 11) is -3.80. The van der Waals surface area contributed by atoms with Crippen molar-refractivity contribution < 1.29 is 12.7 Å². The third kappa shape index (κ3) is 8.48. The van der Waals surface area contributed by atoms with Crippen LogP contribution in [0.25, 0.3) is 0 Å². The largest absolute Gasteiger partial charge is 0.358 e. The van der Waals surface area contributed by atoms with Crippen LogP contribution in [0.5, 0.6) is 0 Å². The Kier molecular flexibility index (Phi) is 10.4. The van der Waals surface area contributed by atoms with E-state index in [-0.39, 0.29) is 4.90 Å². The van der Waals surface area contributed by atoms with Crippen LogP contribution in [0.3, 0.4) is 0 Å². The van der Waals surface area contributed by atoms with Gasteiger partial charge in [0.25, 0.3) is 0 Å². The van der Waals surface area contributed by atoms with Crippen LogP contribution in [0, 0.1) is 0 Å². The van der Waals surface area contributed by atoms with E-state index in [4.69, 9.17) is 0 Å². The predicted molar refractivity (Wildman–Crippen MR) is 99.8 cm³/mol. The molecule has 0 spiro atoms. The van der Waals surface area contributed by atoms with E-state index in [2.05, 4.69) is 23.1 Å². The second-order valence-electron chi connectivity index (χ2n) is 6.23. The molecule has 0 N–H and O–H groups in total. The van der Waals surface area contributed by atoms with E-state index in [1.54, 1.807) is 12.1 Å². The van der Waals surface area contributed by atoms with E-state index < -0.39 is 10.1 Å². The number of aryl methyl sites for hydroxylation is 1. The van der Waals surface area contributed by atoms with Gasteiger partial charge in [0.2, 0.25) is 0 Å². The van der Waals surface area contributed by atoms with Gasteiger partial charge in [-0.2, -0.15) is 8.42 Å². The van der Waals surface area contributed by atoms with Crippen molar-refractivity contribution in [1.82, 2.24) is 0 Å². The molecule has 0 unspecified atom stereocenters. The molecule has 0 radical (unpaired) electrons. The second kappa shape index (κ2) is 12.1. The molecule has 4 nitrogen and oxygen atoms in total. The summed E-state index contributed by atoms with van der Waals surface area (Å²) in [5.74, 6) is 0. The Balaban J connectivity index is 2.14. The lowest BCUT2D eigenvalue weighted by Crippen LogP contribution is -2.02. The van der Waals surface area contributed by atoms with Crippen LogP contribution in [0.1, 0.15) is 76.7 Å². The summed E-state index contributed by atoms with van der Waals surface area (Å²) in [4.78, 5) is 0.113. The quantitative estimate of drug-likeness (QED) is 0.253. The maximum atomic E-state index is 11.6. The minimum atomic E-state index is -3.80. The average molecular weight is 354 g/mol. The molecule has 24 heavy (non-hydrogen) atoms. The van der Waals surface area contributed by atoms with Crippen LogP contribution in [0.2, 0.25) is 0 Å². The second-order valence-corrected chi connectivity index (χ2v) is 7.76. The van der Waals surface area contributed by atoms with Gasteiger partial charge in [-0.3, -0.25) is 4.28 Å². The lowest BCUT2D eigenvalue weighted by Gasteiger charge is -2.05. The van der Waals surface area contributed by atoms with Gasteiger partial charge in [0, 0.05) is 6.72 Å². The van der Waals surface area contributed by atoms with Crippen molar-refractivity contribution in [2.45, 2.75) is 82.4 Å². The van der Waals surface area contributed by atoms with E-state index in [9.17, 15) is 8.42 Å². The highest BCUT2D eigenvalue weighted by molar-refractivity contribution is 7.86. The van der Waals surface area contributed by atoms with Crippen molar-refractivity contribution in [3.05, 3.63) is 29.8 Å². The van der Waals surface area contributed by atoms with Crippen molar-refractivity contribution >= 4 is 16.8 Å². The summed E-state index contributed by atoms with van der Waals surface area (Å²) < 4.78 is 27.6. The monoisotopic (exact) mass is 353 g/mol. The number of benzene rings is 1. The number of hydrogen-bond acceptors (Lipinski definition) is 4. The van der Waals surface area contributed by atoms with E-state index in [0.717, 1.165) is 18.4 Å². The molecule has 1 aromatic carbocycles. The molecule has 0 atom stereocenters. The Labute approximate surface area is 147 Å². The van der Waals surface area contributed by atoms with Gasteiger partial charge in [0.15, 0.2) is 0 Å². The molecule has 0 saturated carbocycles. The summed E-state index contributed by atoms with van der Waals surface area (Å²) in [5, 5.41) is 2.97. The van der Waals surface area contributed by atoms with Crippen LogP contribution < -0.4 is 0 Å². The van der Waals surface area contributed by atoms with Crippen molar-refractivity contribution in [2.75, 3.05) is 0 Å². The molecule has 0 aliphatic heterocycles. The minimum Gasteiger partial charge on any atom is -0.265 e. The van der Waals surface area contributed by atoms with E-state index in [1.807, 2.05) is 12.1 Å². The zero-order valence-electron chi connectivity index (χ0n) is 14.9. The molecular weight excluding hydrogens is 322 g/mol. The van der Waals surface area contributed by atoms with Gasteiger partial charge in [-0.15, -0.1) is 0 Å². The van der Waals surface area contributed by atoms with E-state index >= 15 is 0 Å². The van der Waals surface area contributed by atoms with Crippen molar-refractivity contribution in [2.24, 2.45) is 5.16 Å². The normalized spacial score (nSPS) is 11.4. The van der Waals surface area contributed by atoms with Gasteiger partial charge in [-0.1, -0.05) is 82.0 Å². The number of unbranched alkanes of at least 4 members (excludes halogenated alkanes) is 9. The molecule has 5 heteroatoms. The molecule has 0 heterocycles. The number of rotatable bonds is 14. The zero-order valence-corrected chi connectivity index (χ0v) is 15.7. The molecule has 1 rings (SSSR count). The molecule has 0 bridgehead atoms. The fraction of sp³-hybridized carbons (Fsp3) is 0.632. The van der Waals surface area contributed by atoms with E-state index in [1.165, 1.54) is 57.8 Å². The minimum absolute atomic E-state index is 0.113. The highest BCUT2D eigenvalue weighted by Gasteiger charge is 2.14. The summed E-state index contributed by atoms with van der Waals surface area (Å²) in [6.07, 6.45) is 14.2. The maximum absolute atomic E-state index is 11.6. The van der Waals surface area contributed by atoms with E-state index in [0.29, 0.717) is 0 Å². The lowest BCUT2D eigenvalue weighted by molar-refractivity contribution is 0.342. The van der Waals surface area contributed by atoms with Crippen molar-refractivity contribution in [3.8, 4) is 0 Å². The van der Waals surface area contributed by atoms with Gasteiger partial charge in [-0.25, -0.2) is 0 Å². The number of oxime groups is 1. The predicted octanol–water partition coefficient (Wildman–Crippen LogP) is 5.47. The molecule has 0 aliphatic rings. The first-order valence-electron chi connectivity index (χ1n) is 9.08. The molecular formula is C19H31NO3S. The fourth-order valence-corrected chi connectivity index (χ4v) is 3.45. The van der Waals surface area contributed by atoms with Crippen LogP contribution >= 0.6 is 0 Å². The SMILES string of the molecule is C=NOS(=O)(=O)c1ccc(CCCCCCCCCCCC)cc1. The van der Waals surface area contributed by atoms with Gasteiger partial charge in [0.05, 0.1) is 0 Å². The molecule has 136 valence electrons. The Morgan fingerprint density at radius 1 is 0.875 bits per heavy atom. The Morgan fingerprint density at radius 3 is 1.88 bits per heavy atom. The molecule has 0 amide bonds. The smallest absolute Gasteiger partial charge is 0.265 e. The molecule has 0 saturated heterocycles. The lowest BCUT2D eigenvalue weighted by atomic mass is 10.0. The van der Waals surface area contributed by atoms with Gasteiger partial charge in [-0.05, 0) is 30.5 Å². The Morgan fingerprint density at radius 2 is 1.38 bits per heavy atom. The topological polar surface area (TPSA) is 55.7 Å². The highest BCUT2D eigenvalue weighted by atomic mass is 32.2. The summed E-state index contributed by atoms with van der Waals surface area (Å²) in [5.41, 5.74) is 1.15. The van der Waals surface area contributed by atoms with Gasteiger partial charge < -0.3 is 0 Å². The van der Waals surface area contributed by atoms with Crippen molar-refractivity contribution in [1.29, 1.82) is 0 Å². The third-order valence-corrected chi connectivity index (χ3v) is 5.33. The first-order valence-corrected chi connectivity index (χ1v) is 10.5. The van der Waals surface area contributed by atoms with Crippen LogP contribution in [-0.4, -0.2) is 15.1 Å². The standard InChI is InChI=1S/C19H31NO3S/c1-3-4-5-6-7-8-9-10-11-12-13-18-14-16-19(17-15-18)24(21,22)23-20-2/h14-17H,2-13H2,1H3. The van der Waals surface area contributed by atoms with Crippen LogP contribution in [0.4, 0.5) is 0 Å². The molecule has 0 aromatic heterocycles. The van der Waals surface area contributed by atoms with Crippen molar-refractivity contribution in [3.63, 3.8) is 0 Å². The third-order valence-electron chi connectivity index (χ3n) is 4.18. The number of hydrogen-bond donors (Lipinski definition) is 0. The van der Waals surface area contributed by atoms with Crippen LogP contribution in [-0.2, 0) is 20.8 Å². The number of nitrogens with zero attached hydrogens (tertiary/aromatic N) is 1. The summed E-state index contributed by atoms with van der Waals surface area (Å²) in [6, 6.07) is 6.80. The molecule has 0 fully saturated rings.